The molecule has 0 saturated carbocycles. The lowest BCUT2D eigenvalue weighted by atomic mass is 10.00. The van der Waals surface area contributed by atoms with Gasteiger partial charge in [-0.1, -0.05) is 5.21 Å². The zero-order chi connectivity index (χ0) is 17.4. The summed E-state index contributed by atoms with van der Waals surface area (Å²) in [4.78, 5) is 14.9. The minimum atomic E-state index is -0.000865. The van der Waals surface area contributed by atoms with Gasteiger partial charge >= 0.3 is 0 Å². The summed E-state index contributed by atoms with van der Waals surface area (Å²) in [6.45, 7) is 3.50. The molecule has 0 spiro atoms. The van der Waals surface area contributed by atoms with Crippen LogP contribution in [0.1, 0.15) is 29.3 Å². The quantitative estimate of drug-likeness (QED) is 0.737. The van der Waals surface area contributed by atoms with Crippen molar-refractivity contribution in [3.05, 3.63) is 47.5 Å². The van der Waals surface area contributed by atoms with Crippen LogP contribution >= 0.6 is 0 Å². The van der Waals surface area contributed by atoms with Gasteiger partial charge in [-0.15, -0.1) is 5.10 Å². The summed E-state index contributed by atoms with van der Waals surface area (Å²) >= 11 is 0. The Balaban J connectivity index is 1.70. The zero-order valence-electron chi connectivity index (χ0n) is 14.4. The van der Waals surface area contributed by atoms with Gasteiger partial charge in [-0.2, -0.15) is 0 Å². The molecule has 6 heteroatoms. The van der Waals surface area contributed by atoms with E-state index in [0.29, 0.717) is 5.56 Å². The molecule has 4 rings (SSSR count). The van der Waals surface area contributed by atoms with Crippen molar-refractivity contribution in [1.29, 1.82) is 0 Å². The van der Waals surface area contributed by atoms with Gasteiger partial charge in [-0.3, -0.25) is 4.79 Å². The molecule has 6 nitrogen and oxygen atoms in total. The average molecular weight is 336 g/mol. The van der Waals surface area contributed by atoms with Gasteiger partial charge in [0.25, 0.3) is 5.91 Å². The molecule has 1 aromatic heterocycles. The maximum absolute atomic E-state index is 13.1. The SMILES string of the molecule is CCn1nnc2cc(C(=O)N3CCCc4cc(OC)ccc43)ccc21. The summed E-state index contributed by atoms with van der Waals surface area (Å²) in [5.41, 5.74) is 4.45. The van der Waals surface area contributed by atoms with Crippen molar-refractivity contribution in [2.24, 2.45) is 0 Å². The van der Waals surface area contributed by atoms with E-state index in [1.807, 2.05) is 52.9 Å². The molecule has 128 valence electrons. The summed E-state index contributed by atoms with van der Waals surface area (Å²) in [5.74, 6) is 0.824. The van der Waals surface area contributed by atoms with Gasteiger partial charge in [-0.25, -0.2) is 4.68 Å². The molecule has 1 aliphatic heterocycles. The van der Waals surface area contributed by atoms with E-state index in [4.69, 9.17) is 4.74 Å². The molecule has 1 amide bonds. The number of anilines is 1. The van der Waals surface area contributed by atoms with Crippen molar-refractivity contribution in [2.75, 3.05) is 18.6 Å². The Labute approximate surface area is 146 Å². The summed E-state index contributed by atoms with van der Waals surface area (Å²) in [7, 11) is 1.66. The number of rotatable bonds is 3. The first-order valence-electron chi connectivity index (χ1n) is 8.53. The fourth-order valence-electron chi connectivity index (χ4n) is 3.41. The van der Waals surface area contributed by atoms with Crippen molar-refractivity contribution in [3.8, 4) is 5.75 Å². The van der Waals surface area contributed by atoms with E-state index in [1.54, 1.807) is 7.11 Å². The topological polar surface area (TPSA) is 60.2 Å². The Kier molecular flexibility index (Phi) is 3.87. The number of nitrogens with zero attached hydrogens (tertiary/aromatic N) is 4. The second kappa shape index (κ2) is 6.20. The second-order valence-corrected chi connectivity index (χ2v) is 6.16. The number of benzene rings is 2. The Hall–Kier alpha value is -2.89. The molecular formula is C19H20N4O2. The first-order valence-corrected chi connectivity index (χ1v) is 8.53. The highest BCUT2D eigenvalue weighted by atomic mass is 16.5. The second-order valence-electron chi connectivity index (χ2n) is 6.16. The van der Waals surface area contributed by atoms with Crippen molar-refractivity contribution >= 4 is 22.6 Å². The summed E-state index contributed by atoms with van der Waals surface area (Å²) in [5, 5.41) is 8.28. The molecule has 0 fully saturated rings. The highest BCUT2D eigenvalue weighted by Crippen LogP contribution is 2.31. The lowest BCUT2D eigenvalue weighted by Crippen LogP contribution is -2.35. The van der Waals surface area contributed by atoms with Crippen molar-refractivity contribution in [3.63, 3.8) is 0 Å². The fourth-order valence-corrected chi connectivity index (χ4v) is 3.41. The number of methoxy groups -OCH3 is 1. The third-order valence-corrected chi connectivity index (χ3v) is 4.71. The maximum atomic E-state index is 13.1. The number of aryl methyl sites for hydroxylation is 2. The van der Waals surface area contributed by atoms with Gasteiger partial charge in [0.1, 0.15) is 11.3 Å². The summed E-state index contributed by atoms with van der Waals surface area (Å²) in [6.07, 6.45) is 1.90. The van der Waals surface area contributed by atoms with E-state index >= 15 is 0 Å². The van der Waals surface area contributed by atoms with Crippen LogP contribution in [-0.2, 0) is 13.0 Å². The maximum Gasteiger partial charge on any atom is 0.258 e. The smallest absolute Gasteiger partial charge is 0.258 e. The predicted octanol–water partition coefficient (Wildman–Crippen LogP) is 3.05. The number of amides is 1. The molecule has 1 aliphatic rings. The van der Waals surface area contributed by atoms with Gasteiger partial charge in [0.05, 0.1) is 12.6 Å². The van der Waals surface area contributed by atoms with E-state index in [0.717, 1.165) is 54.0 Å². The number of hydrogen-bond donors (Lipinski definition) is 0. The predicted molar refractivity (Wildman–Crippen MR) is 96.2 cm³/mol. The first-order chi connectivity index (χ1) is 12.2. The Morgan fingerprint density at radius 2 is 2.12 bits per heavy atom. The van der Waals surface area contributed by atoms with E-state index in [9.17, 15) is 4.79 Å². The molecular weight excluding hydrogens is 316 g/mol. The minimum Gasteiger partial charge on any atom is -0.497 e. The molecule has 0 saturated heterocycles. The van der Waals surface area contributed by atoms with Crippen LogP contribution < -0.4 is 9.64 Å². The van der Waals surface area contributed by atoms with Crippen molar-refractivity contribution in [2.45, 2.75) is 26.3 Å². The van der Waals surface area contributed by atoms with Gasteiger partial charge in [0.2, 0.25) is 0 Å². The number of carbonyl (C=O) groups is 1. The Morgan fingerprint density at radius 1 is 1.24 bits per heavy atom. The molecule has 3 aromatic rings. The molecule has 0 N–H and O–H groups in total. The zero-order valence-corrected chi connectivity index (χ0v) is 14.4. The van der Waals surface area contributed by atoms with Crippen LogP contribution in [0.25, 0.3) is 11.0 Å². The van der Waals surface area contributed by atoms with Crippen LogP contribution in [-0.4, -0.2) is 34.6 Å². The largest absolute Gasteiger partial charge is 0.497 e. The monoisotopic (exact) mass is 336 g/mol. The molecule has 0 radical (unpaired) electrons. The molecule has 2 aromatic carbocycles. The first kappa shape index (κ1) is 15.6. The lowest BCUT2D eigenvalue weighted by Gasteiger charge is -2.29. The Morgan fingerprint density at radius 3 is 2.92 bits per heavy atom. The van der Waals surface area contributed by atoms with Gasteiger partial charge in [0.15, 0.2) is 0 Å². The summed E-state index contributed by atoms with van der Waals surface area (Å²) < 4.78 is 7.13. The molecule has 0 bridgehead atoms. The third-order valence-electron chi connectivity index (χ3n) is 4.71. The molecule has 25 heavy (non-hydrogen) atoms. The van der Waals surface area contributed by atoms with E-state index in [2.05, 4.69) is 10.3 Å². The number of hydrogen-bond acceptors (Lipinski definition) is 4. The van der Waals surface area contributed by atoms with Crippen LogP contribution in [0.2, 0.25) is 0 Å². The van der Waals surface area contributed by atoms with Gasteiger partial charge in [-0.05, 0) is 61.7 Å². The molecule has 0 aliphatic carbocycles. The van der Waals surface area contributed by atoms with Crippen LogP contribution in [0.4, 0.5) is 5.69 Å². The van der Waals surface area contributed by atoms with Crippen molar-refractivity contribution < 1.29 is 9.53 Å². The molecule has 0 unspecified atom stereocenters. The van der Waals surface area contributed by atoms with Crippen LogP contribution in [0.15, 0.2) is 36.4 Å². The number of carbonyl (C=O) groups excluding carboxylic acids is 1. The van der Waals surface area contributed by atoms with Crippen LogP contribution in [0.3, 0.4) is 0 Å². The highest BCUT2D eigenvalue weighted by Gasteiger charge is 2.24. The lowest BCUT2D eigenvalue weighted by molar-refractivity contribution is 0.0985. The van der Waals surface area contributed by atoms with E-state index < -0.39 is 0 Å². The summed E-state index contributed by atoms with van der Waals surface area (Å²) in [6, 6.07) is 11.5. The Bertz CT molecular complexity index is 948. The van der Waals surface area contributed by atoms with Crippen molar-refractivity contribution in [1.82, 2.24) is 15.0 Å². The van der Waals surface area contributed by atoms with E-state index in [-0.39, 0.29) is 5.91 Å². The number of aromatic nitrogens is 3. The normalized spacial score (nSPS) is 13.8. The number of fused-ring (bicyclic) bond motifs is 2. The van der Waals surface area contributed by atoms with E-state index in [1.165, 1.54) is 0 Å². The fraction of sp³-hybridized carbons (Fsp3) is 0.316. The van der Waals surface area contributed by atoms with Gasteiger partial charge in [0, 0.05) is 24.3 Å². The van der Waals surface area contributed by atoms with Crippen LogP contribution in [0, 0.1) is 0 Å². The molecule has 0 atom stereocenters. The minimum absolute atomic E-state index is 0.000865. The third kappa shape index (κ3) is 2.63. The highest BCUT2D eigenvalue weighted by molar-refractivity contribution is 6.08. The standard InChI is InChI=1S/C19H20N4O2/c1-3-23-18-8-6-14(12-16(18)20-21-23)19(24)22-10-4-5-13-11-15(25-2)7-9-17(13)22/h6-9,11-12H,3-5,10H2,1-2H3. The average Bonchev–Trinajstić information content (AvgIpc) is 3.08. The number of ether oxygens (including phenoxy) is 1. The molecule has 2 heterocycles. The van der Waals surface area contributed by atoms with Crippen LogP contribution in [0.5, 0.6) is 5.75 Å². The van der Waals surface area contributed by atoms with Gasteiger partial charge < -0.3 is 9.64 Å².